The number of methoxy groups -OCH3 is 1. The summed E-state index contributed by atoms with van der Waals surface area (Å²) >= 11 is 5.97. The zero-order valence-corrected chi connectivity index (χ0v) is 24.6. The topological polar surface area (TPSA) is 123 Å². The third kappa shape index (κ3) is 8.31. The van der Waals surface area contributed by atoms with Gasteiger partial charge in [0.05, 0.1) is 7.11 Å². The van der Waals surface area contributed by atoms with Crippen molar-refractivity contribution in [2.75, 3.05) is 13.7 Å². The number of halogens is 3. The first-order chi connectivity index (χ1) is 21.1. The Hall–Kier alpha value is -4.51. The van der Waals surface area contributed by atoms with E-state index in [-0.39, 0.29) is 29.3 Å². The van der Waals surface area contributed by atoms with E-state index in [0.29, 0.717) is 18.5 Å². The van der Waals surface area contributed by atoms with Crippen LogP contribution in [0.1, 0.15) is 35.6 Å². The largest absolute Gasteiger partial charge is 0.467 e. The quantitative estimate of drug-likeness (QED) is 0.250. The summed E-state index contributed by atoms with van der Waals surface area (Å²) in [5.74, 6) is -6.05. The lowest BCUT2D eigenvalue weighted by Gasteiger charge is -2.29. The van der Waals surface area contributed by atoms with Crippen molar-refractivity contribution >= 4 is 35.5 Å². The van der Waals surface area contributed by atoms with Crippen molar-refractivity contribution < 1.29 is 37.4 Å². The minimum absolute atomic E-state index is 0.0114. The molecule has 3 aromatic carbocycles. The third-order valence-electron chi connectivity index (χ3n) is 7.24. The van der Waals surface area contributed by atoms with Gasteiger partial charge in [-0.25, -0.2) is 9.59 Å². The van der Waals surface area contributed by atoms with Crippen LogP contribution in [0.3, 0.4) is 0 Å². The number of nitrogens with one attached hydrogen (secondary N) is 3. The van der Waals surface area contributed by atoms with Gasteiger partial charge in [-0.3, -0.25) is 9.59 Å². The van der Waals surface area contributed by atoms with E-state index in [1.54, 1.807) is 36.4 Å². The fraction of sp³-hybridized carbons (Fsp3) is 0.312. The maximum atomic E-state index is 15.9. The van der Waals surface area contributed by atoms with Crippen molar-refractivity contribution in [3.63, 3.8) is 0 Å². The predicted molar refractivity (Wildman–Crippen MR) is 158 cm³/mol. The maximum Gasteiger partial charge on any atom is 0.408 e. The van der Waals surface area contributed by atoms with Gasteiger partial charge in [0, 0.05) is 29.5 Å². The van der Waals surface area contributed by atoms with Crippen molar-refractivity contribution in [1.29, 1.82) is 0 Å². The fourth-order valence-corrected chi connectivity index (χ4v) is 5.14. The van der Waals surface area contributed by atoms with Crippen molar-refractivity contribution in [3.8, 4) is 0 Å². The normalized spacial score (nSPS) is 16.6. The van der Waals surface area contributed by atoms with Gasteiger partial charge < -0.3 is 25.4 Å². The standard InChI is InChI=1S/C32H32ClF2N3O6/c1-43-30(41)26(18-22-15-16-36-28(22)39)37-29(40)25(17-20-9-4-2-5-10-20)38-31(42)44-27(21-11-6-3-7-12-21)32(34,35)23-13-8-14-24(33)19-23/h2-14,19,22,25-27H,15-18H2,1H3,(H,36,39)(H,37,40)(H,38,42)/t22-,25-,26-,27?/m0/s1. The summed E-state index contributed by atoms with van der Waals surface area (Å²) in [6.45, 7) is 0.442. The minimum Gasteiger partial charge on any atom is -0.467 e. The number of rotatable bonds is 12. The van der Waals surface area contributed by atoms with E-state index in [4.69, 9.17) is 21.1 Å². The molecule has 0 saturated carbocycles. The van der Waals surface area contributed by atoms with Crippen molar-refractivity contribution in [2.24, 2.45) is 5.92 Å². The van der Waals surface area contributed by atoms with Crippen LogP contribution in [0.25, 0.3) is 0 Å². The Morgan fingerprint density at radius 3 is 2.27 bits per heavy atom. The first-order valence-electron chi connectivity index (χ1n) is 13.9. The fourth-order valence-electron chi connectivity index (χ4n) is 4.95. The van der Waals surface area contributed by atoms with Crippen LogP contribution in [0.15, 0.2) is 84.9 Å². The molecule has 1 saturated heterocycles. The number of esters is 1. The highest BCUT2D eigenvalue weighted by atomic mass is 35.5. The zero-order chi connectivity index (χ0) is 31.7. The van der Waals surface area contributed by atoms with E-state index in [9.17, 15) is 19.2 Å². The number of alkyl carbamates (subject to hydrolysis) is 1. The summed E-state index contributed by atoms with van der Waals surface area (Å²) in [6, 6.07) is 18.7. The van der Waals surface area contributed by atoms with Crippen LogP contribution in [-0.2, 0) is 36.2 Å². The molecule has 1 aliphatic rings. The SMILES string of the molecule is COC(=O)[C@H](C[C@@H]1CCNC1=O)NC(=O)[C@H](Cc1ccccc1)NC(=O)OC(c1ccccc1)C(F)(F)c1cccc(Cl)c1. The maximum absolute atomic E-state index is 15.9. The van der Waals surface area contributed by atoms with Gasteiger partial charge in [-0.15, -0.1) is 0 Å². The summed E-state index contributed by atoms with van der Waals surface area (Å²) in [7, 11) is 1.15. The van der Waals surface area contributed by atoms with Crippen LogP contribution in [0.4, 0.5) is 13.6 Å². The molecule has 4 atom stereocenters. The van der Waals surface area contributed by atoms with Gasteiger partial charge in [-0.2, -0.15) is 8.78 Å². The number of alkyl halides is 2. The van der Waals surface area contributed by atoms with Crippen LogP contribution in [0, 0.1) is 5.92 Å². The van der Waals surface area contributed by atoms with Crippen molar-refractivity contribution in [3.05, 3.63) is 107 Å². The van der Waals surface area contributed by atoms with Crippen LogP contribution in [0.5, 0.6) is 0 Å². The molecule has 44 heavy (non-hydrogen) atoms. The highest BCUT2D eigenvalue weighted by molar-refractivity contribution is 6.30. The minimum atomic E-state index is -3.71. The lowest BCUT2D eigenvalue weighted by molar-refractivity contribution is -0.146. The van der Waals surface area contributed by atoms with E-state index < -0.39 is 53.6 Å². The van der Waals surface area contributed by atoms with Gasteiger partial charge in [0.1, 0.15) is 12.1 Å². The summed E-state index contributed by atoms with van der Waals surface area (Å²) in [5.41, 5.74) is 0.181. The molecule has 0 aromatic heterocycles. The third-order valence-corrected chi connectivity index (χ3v) is 7.48. The predicted octanol–water partition coefficient (Wildman–Crippen LogP) is 4.69. The van der Waals surface area contributed by atoms with E-state index in [0.717, 1.165) is 13.2 Å². The van der Waals surface area contributed by atoms with Gasteiger partial charge >= 0.3 is 18.0 Å². The monoisotopic (exact) mass is 627 g/mol. The molecular formula is C32H32ClF2N3O6. The van der Waals surface area contributed by atoms with Gasteiger partial charge in [0.25, 0.3) is 0 Å². The van der Waals surface area contributed by atoms with Gasteiger partial charge in [0.2, 0.25) is 11.8 Å². The van der Waals surface area contributed by atoms with Crippen LogP contribution in [0.2, 0.25) is 5.02 Å². The van der Waals surface area contributed by atoms with Gasteiger partial charge in [-0.1, -0.05) is 84.4 Å². The number of ether oxygens (including phenoxy) is 2. The number of carbonyl (C=O) groups is 4. The molecule has 1 unspecified atom stereocenters. The molecule has 4 rings (SSSR count). The first-order valence-corrected chi connectivity index (χ1v) is 14.3. The van der Waals surface area contributed by atoms with E-state index >= 15 is 8.78 Å². The average molecular weight is 628 g/mol. The number of hydrogen-bond donors (Lipinski definition) is 3. The second-order valence-corrected chi connectivity index (χ2v) is 10.7. The smallest absolute Gasteiger partial charge is 0.408 e. The molecule has 0 radical (unpaired) electrons. The zero-order valence-electron chi connectivity index (χ0n) is 23.8. The average Bonchev–Trinajstić information content (AvgIpc) is 3.43. The van der Waals surface area contributed by atoms with Crippen molar-refractivity contribution in [2.45, 2.75) is 43.4 Å². The van der Waals surface area contributed by atoms with E-state index in [2.05, 4.69) is 16.0 Å². The number of carbonyl (C=O) groups excluding carboxylic acids is 4. The first kappa shape index (κ1) is 32.4. The summed E-state index contributed by atoms with van der Waals surface area (Å²) < 4.78 is 42.0. The Kier molecular flexibility index (Phi) is 10.9. The highest BCUT2D eigenvalue weighted by Crippen LogP contribution is 2.43. The molecule has 3 N–H and O–H groups in total. The molecule has 0 aliphatic carbocycles. The summed E-state index contributed by atoms with van der Waals surface area (Å²) in [4.78, 5) is 51.5. The Morgan fingerprint density at radius 2 is 1.66 bits per heavy atom. The molecule has 3 aromatic rings. The Bertz CT molecular complexity index is 1460. The van der Waals surface area contributed by atoms with Crippen LogP contribution >= 0.6 is 11.6 Å². The number of hydrogen-bond acceptors (Lipinski definition) is 6. The molecule has 1 heterocycles. The van der Waals surface area contributed by atoms with Crippen LogP contribution in [-0.4, -0.2) is 49.6 Å². The molecule has 9 nitrogen and oxygen atoms in total. The molecule has 12 heteroatoms. The molecular weight excluding hydrogens is 596 g/mol. The van der Waals surface area contributed by atoms with Crippen molar-refractivity contribution in [1.82, 2.24) is 16.0 Å². The van der Waals surface area contributed by atoms with Gasteiger partial charge in [0.15, 0.2) is 6.10 Å². The highest BCUT2D eigenvalue weighted by Gasteiger charge is 2.46. The number of benzene rings is 3. The molecule has 0 spiro atoms. The summed E-state index contributed by atoms with van der Waals surface area (Å²) in [6.07, 6.45) is -2.97. The lowest BCUT2D eigenvalue weighted by Crippen LogP contribution is -2.53. The van der Waals surface area contributed by atoms with E-state index in [1.807, 2.05) is 0 Å². The molecule has 3 amide bonds. The summed E-state index contributed by atoms with van der Waals surface area (Å²) in [5, 5.41) is 7.72. The molecule has 0 bridgehead atoms. The molecule has 1 fully saturated rings. The molecule has 1 aliphatic heterocycles. The second kappa shape index (κ2) is 14.8. The van der Waals surface area contributed by atoms with Crippen LogP contribution < -0.4 is 16.0 Å². The second-order valence-electron chi connectivity index (χ2n) is 10.3. The van der Waals surface area contributed by atoms with E-state index in [1.165, 1.54) is 42.5 Å². The Labute approximate surface area is 258 Å². The van der Waals surface area contributed by atoms with Gasteiger partial charge in [-0.05, 0) is 36.1 Å². The molecule has 232 valence electrons. The Balaban J connectivity index is 1.58. The Morgan fingerprint density at radius 1 is 0.977 bits per heavy atom. The lowest BCUT2D eigenvalue weighted by atomic mass is 9.97. The number of amides is 3.